The van der Waals surface area contributed by atoms with Gasteiger partial charge in [-0.1, -0.05) is 0 Å². The number of ether oxygens (including phenoxy) is 1. The molecule has 0 aromatic heterocycles. The van der Waals surface area contributed by atoms with Crippen molar-refractivity contribution in [2.24, 2.45) is 0 Å². The van der Waals surface area contributed by atoms with Crippen molar-refractivity contribution in [2.45, 2.75) is 25.3 Å². The summed E-state index contributed by atoms with van der Waals surface area (Å²) >= 11 is 0. The third kappa shape index (κ3) is 2.17. The zero-order valence-electron chi connectivity index (χ0n) is 10.0. The molecule has 0 saturated carbocycles. The quantitative estimate of drug-likeness (QED) is 0.819. The summed E-state index contributed by atoms with van der Waals surface area (Å²) in [7, 11) is 1.40. The van der Waals surface area contributed by atoms with Gasteiger partial charge in [-0.25, -0.2) is 4.39 Å². The van der Waals surface area contributed by atoms with Crippen molar-refractivity contribution in [3.05, 3.63) is 29.6 Å². The Morgan fingerprint density at radius 1 is 1.53 bits per heavy atom. The largest absolute Gasteiger partial charge is 0.494 e. The van der Waals surface area contributed by atoms with E-state index < -0.39 is 11.4 Å². The van der Waals surface area contributed by atoms with E-state index in [1.165, 1.54) is 19.2 Å². The van der Waals surface area contributed by atoms with Crippen LogP contribution in [0.2, 0.25) is 0 Å². The molecule has 1 aliphatic rings. The van der Waals surface area contributed by atoms with E-state index in [1.54, 1.807) is 6.07 Å². The Labute approximate surface area is 100.0 Å². The fraction of sp³-hybridized carbons (Fsp3) is 0.462. The molecule has 0 radical (unpaired) electrons. The van der Waals surface area contributed by atoms with E-state index in [0.717, 1.165) is 19.4 Å². The summed E-state index contributed by atoms with van der Waals surface area (Å²) in [6, 6.07) is 4.34. The molecular weight excluding hydrogens is 221 g/mol. The van der Waals surface area contributed by atoms with Crippen molar-refractivity contribution in [1.29, 1.82) is 0 Å². The van der Waals surface area contributed by atoms with Crippen LogP contribution in [0, 0.1) is 5.82 Å². The maximum absolute atomic E-state index is 13.5. The average Bonchev–Trinajstić information content (AvgIpc) is 2.76. The van der Waals surface area contributed by atoms with Gasteiger partial charge in [0.05, 0.1) is 12.6 Å². The Morgan fingerprint density at radius 3 is 2.82 bits per heavy atom. The zero-order chi connectivity index (χ0) is 12.5. The van der Waals surface area contributed by atoms with Crippen LogP contribution < -0.4 is 10.1 Å². The van der Waals surface area contributed by atoms with Gasteiger partial charge in [0.2, 0.25) is 0 Å². The van der Waals surface area contributed by atoms with Crippen LogP contribution in [0.4, 0.5) is 4.39 Å². The molecule has 1 fully saturated rings. The maximum atomic E-state index is 13.5. The van der Waals surface area contributed by atoms with E-state index in [4.69, 9.17) is 4.74 Å². The van der Waals surface area contributed by atoms with Gasteiger partial charge in [-0.3, -0.25) is 4.79 Å². The first-order valence-electron chi connectivity index (χ1n) is 5.70. The van der Waals surface area contributed by atoms with Crippen LogP contribution in [0.5, 0.6) is 5.75 Å². The summed E-state index contributed by atoms with van der Waals surface area (Å²) < 4.78 is 18.4. The zero-order valence-corrected chi connectivity index (χ0v) is 10.0. The van der Waals surface area contributed by atoms with Crippen molar-refractivity contribution < 1.29 is 13.9 Å². The summed E-state index contributed by atoms with van der Waals surface area (Å²) in [5, 5.41) is 3.18. The Balaban J connectivity index is 2.28. The lowest BCUT2D eigenvalue weighted by molar-refractivity contribution is 0.0884. The van der Waals surface area contributed by atoms with Gasteiger partial charge in [0, 0.05) is 5.56 Å². The van der Waals surface area contributed by atoms with Gasteiger partial charge in [0.25, 0.3) is 0 Å². The van der Waals surface area contributed by atoms with Crippen LogP contribution in [0.25, 0.3) is 0 Å². The molecule has 1 aliphatic heterocycles. The summed E-state index contributed by atoms with van der Waals surface area (Å²) in [5.74, 6) is -0.400. The minimum atomic E-state index is -0.555. The molecule has 2 rings (SSSR count). The predicted octanol–water partition coefficient (Wildman–Crippen LogP) is 2.16. The second-order valence-electron chi connectivity index (χ2n) is 4.54. The molecule has 0 spiro atoms. The van der Waals surface area contributed by atoms with Crippen LogP contribution in [-0.2, 0) is 0 Å². The van der Waals surface area contributed by atoms with E-state index in [1.807, 2.05) is 6.92 Å². The predicted molar refractivity (Wildman–Crippen MR) is 62.9 cm³/mol. The SMILES string of the molecule is COc1ccc(C(=O)C2(C)CCCN2)cc1F. The molecule has 0 bridgehead atoms. The smallest absolute Gasteiger partial charge is 0.182 e. The molecule has 3 nitrogen and oxygen atoms in total. The van der Waals surface area contributed by atoms with E-state index in [9.17, 15) is 9.18 Å². The highest BCUT2D eigenvalue weighted by molar-refractivity contribution is 6.03. The van der Waals surface area contributed by atoms with E-state index in [-0.39, 0.29) is 11.5 Å². The highest BCUT2D eigenvalue weighted by atomic mass is 19.1. The minimum Gasteiger partial charge on any atom is -0.494 e. The van der Waals surface area contributed by atoms with Crippen LogP contribution in [0.3, 0.4) is 0 Å². The number of methoxy groups -OCH3 is 1. The molecule has 1 heterocycles. The normalized spacial score (nSPS) is 23.7. The fourth-order valence-corrected chi connectivity index (χ4v) is 2.21. The lowest BCUT2D eigenvalue weighted by Gasteiger charge is -2.22. The highest BCUT2D eigenvalue weighted by Crippen LogP contribution is 2.25. The van der Waals surface area contributed by atoms with Crippen molar-refractivity contribution >= 4 is 5.78 Å². The lowest BCUT2D eigenvalue weighted by Crippen LogP contribution is -2.44. The Hall–Kier alpha value is -1.42. The molecule has 4 heteroatoms. The number of carbonyl (C=O) groups excluding carboxylic acids is 1. The minimum absolute atomic E-state index is 0.0587. The average molecular weight is 237 g/mol. The van der Waals surface area contributed by atoms with E-state index >= 15 is 0 Å². The van der Waals surface area contributed by atoms with Crippen molar-refractivity contribution in [1.82, 2.24) is 5.32 Å². The van der Waals surface area contributed by atoms with E-state index in [0.29, 0.717) is 5.56 Å². The molecule has 0 aliphatic carbocycles. The Bertz CT molecular complexity index is 439. The number of halogens is 1. The number of ketones is 1. The third-order valence-electron chi connectivity index (χ3n) is 3.28. The molecule has 1 aromatic carbocycles. The molecule has 92 valence electrons. The first-order valence-corrected chi connectivity index (χ1v) is 5.70. The van der Waals surface area contributed by atoms with Gasteiger partial charge in [-0.2, -0.15) is 0 Å². The number of rotatable bonds is 3. The van der Waals surface area contributed by atoms with E-state index in [2.05, 4.69) is 5.32 Å². The number of hydrogen-bond donors (Lipinski definition) is 1. The number of Topliss-reactive ketones (excluding diaryl/α,β-unsaturated/α-hetero) is 1. The summed E-state index contributed by atoms with van der Waals surface area (Å²) in [5.41, 5.74) is -0.165. The van der Waals surface area contributed by atoms with Crippen molar-refractivity contribution in [2.75, 3.05) is 13.7 Å². The highest BCUT2D eigenvalue weighted by Gasteiger charge is 2.36. The van der Waals surface area contributed by atoms with Crippen LogP contribution in [-0.4, -0.2) is 25.0 Å². The van der Waals surface area contributed by atoms with Crippen molar-refractivity contribution in [3.8, 4) is 5.75 Å². The molecule has 1 saturated heterocycles. The molecule has 1 unspecified atom stereocenters. The first-order chi connectivity index (χ1) is 8.07. The molecule has 0 amide bonds. The van der Waals surface area contributed by atoms with Crippen LogP contribution >= 0.6 is 0 Å². The van der Waals surface area contributed by atoms with Crippen LogP contribution in [0.1, 0.15) is 30.1 Å². The van der Waals surface area contributed by atoms with Gasteiger partial charge >= 0.3 is 0 Å². The van der Waals surface area contributed by atoms with Gasteiger partial charge in [0.1, 0.15) is 0 Å². The Kier molecular flexibility index (Phi) is 3.15. The molecule has 1 aromatic rings. The molecule has 17 heavy (non-hydrogen) atoms. The lowest BCUT2D eigenvalue weighted by atomic mass is 9.90. The standard InChI is InChI=1S/C13H16FNO2/c1-13(6-3-7-15-13)12(16)9-4-5-11(17-2)10(14)8-9/h4-5,8,15H,3,6-7H2,1-2H3. The molecular formula is C13H16FNO2. The van der Waals surface area contributed by atoms with Gasteiger partial charge in [0.15, 0.2) is 17.3 Å². The summed E-state index contributed by atoms with van der Waals surface area (Å²) in [4.78, 5) is 12.3. The first kappa shape index (κ1) is 12.0. The second-order valence-corrected chi connectivity index (χ2v) is 4.54. The van der Waals surface area contributed by atoms with Crippen molar-refractivity contribution in [3.63, 3.8) is 0 Å². The van der Waals surface area contributed by atoms with Gasteiger partial charge < -0.3 is 10.1 Å². The third-order valence-corrected chi connectivity index (χ3v) is 3.28. The Morgan fingerprint density at radius 2 is 2.29 bits per heavy atom. The maximum Gasteiger partial charge on any atom is 0.182 e. The number of nitrogens with one attached hydrogen (secondary N) is 1. The topological polar surface area (TPSA) is 38.3 Å². The second kappa shape index (κ2) is 4.45. The van der Waals surface area contributed by atoms with Crippen LogP contribution in [0.15, 0.2) is 18.2 Å². The number of carbonyl (C=O) groups is 1. The summed E-state index contributed by atoms with van der Waals surface area (Å²) in [6.45, 7) is 2.70. The fourth-order valence-electron chi connectivity index (χ4n) is 2.21. The number of hydrogen-bond acceptors (Lipinski definition) is 3. The molecule has 1 N–H and O–H groups in total. The monoisotopic (exact) mass is 237 g/mol. The number of benzene rings is 1. The van der Waals surface area contributed by atoms with Gasteiger partial charge in [-0.15, -0.1) is 0 Å². The summed E-state index contributed by atoms with van der Waals surface area (Å²) in [6.07, 6.45) is 1.76. The van der Waals surface area contributed by atoms with Gasteiger partial charge in [-0.05, 0) is 44.5 Å². The molecule has 1 atom stereocenters.